The largest absolute Gasteiger partial charge is 0.398 e. The minimum Gasteiger partial charge on any atom is -0.398 e. The normalized spacial score (nSPS) is 11.2. The van der Waals surface area contributed by atoms with Crippen LogP contribution in [0, 0.1) is 5.92 Å². The van der Waals surface area contributed by atoms with Gasteiger partial charge in [-0.25, -0.2) is 0 Å². The third-order valence-electron chi connectivity index (χ3n) is 2.47. The third-order valence-corrected chi connectivity index (χ3v) is 2.71. The molecule has 0 bridgehead atoms. The Kier molecular flexibility index (Phi) is 3.01. The van der Waals surface area contributed by atoms with Gasteiger partial charge in [0.1, 0.15) is 0 Å². The van der Waals surface area contributed by atoms with Crippen LogP contribution in [0.25, 0.3) is 10.9 Å². The summed E-state index contributed by atoms with van der Waals surface area (Å²) < 4.78 is 0. The number of fused-ring (bicyclic) bond motifs is 1. The Hall–Kier alpha value is -1.28. The first kappa shape index (κ1) is 11.2. The molecular weight excluding hydrogens is 220 g/mol. The molecular formula is C13H15ClN2. The third kappa shape index (κ3) is 2.27. The number of hydrogen-bond acceptors (Lipinski definition) is 2. The average Bonchev–Trinajstić information content (AvgIpc) is 2.15. The fourth-order valence-electron chi connectivity index (χ4n) is 1.81. The van der Waals surface area contributed by atoms with Gasteiger partial charge in [-0.1, -0.05) is 25.4 Å². The van der Waals surface area contributed by atoms with E-state index in [0.29, 0.717) is 10.9 Å². The van der Waals surface area contributed by atoms with Crippen molar-refractivity contribution in [3.05, 3.63) is 35.0 Å². The van der Waals surface area contributed by atoms with Gasteiger partial charge in [0.15, 0.2) is 0 Å². The molecule has 0 aliphatic rings. The van der Waals surface area contributed by atoms with Gasteiger partial charge in [0.05, 0.1) is 5.52 Å². The smallest absolute Gasteiger partial charge is 0.0740 e. The van der Waals surface area contributed by atoms with Crippen LogP contribution in [0.3, 0.4) is 0 Å². The number of aromatic nitrogens is 1. The average molecular weight is 235 g/mol. The molecule has 2 aromatic rings. The number of benzene rings is 1. The van der Waals surface area contributed by atoms with E-state index in [4.69, 9.17) is 17.3 Å². The van der Waals surface area contributed by atoms with Crippen LogP contribution in [0.2, 0.25) is 5.02 Å². The van der Waals surface area contributed by atoms with Crippen molar-refractivity contribution in [2.24, 2.45) is 5.92 Å². The van der Waals surface area contributed by atoms with E-state index in [-0.39, 0.29) is 0 Å². The fourth-order valence-corrected chi connectivity index (χ4v) is 1.97. The topological polar surface area (TPSA) is 38.9 Å². The Bertz CT molecular complexity index is 521. The van der Waals surface area contributed by atoms with Crippen LogP contribution < -0.4 is 5.73 Å². The number of pyridine rings is 1. The monoisotopic (exact) mass is 234 g/mol. The molecule has 2 nitrogen and oxygen atoms in total. The summed E-state index contributed by atoms with van der Waals surface area (Å²) in [6, 6.07) is 7.57. The lowest BCUT2D eigenvalue weighted by molar-refractivity contribution is 0.637. The first-order valence-corrected chi connectivity index (χ1v) is 5.78. The van der Waals surface area contributed by atoms with Gasteiger partial charge >= 0.3 is 0 Å². The number of nitrogens with two attached hydrogens (primary N) is 1. The van der Waals surface area contributed by atoms with Gasteiger partial charge in [0, 0.05) is 21.8 Å². The summed E-state index contributed by atoms with van der Waals surface area (Å²) >= 11 is 5.95. The van der Waals surface area contributed by atoms with Gasteiger partial charge in [0.25, 0.3) is 0 Å². The molecule has 0 unspecified atom stereocenters. The maximum Gasteiger partial charge on any atom is 0.0740 e. The molecule has 2 N–H and O–H groups in total. The summed E-state index contributed by atoms with van der Waals surface area (Å²) in [5.74, 6) is 0.573. The minimum atomic E-state index is 0.573. The second-order valence-corrected chi connectivity index (χ2v) is 4.90. The highest BCUT2D eigenvalue weighted by Gasteiger charge is 2.05. The zero-order valence-electron chi connectivity index (χ0n) is 9.50. The lowest BCUT2D eigenvalue weighted by Gasteiger charge is -2.08. The van der Waals surface area contributed by atoms with E-state index in [2.05, 4.69) is 18.8 Å². The zero-order valence-corrected chi connectivity index (χ0v) is 10.3. The van der Waals surface area contributed by atoms with Crippen molar-refractivity contribution in [2.45, 2.75) is 20.3 Å². The number of hydrogen-bond donors (Lipinski definition) is 1. The summed E-state index contributed by atoms with van der Waals surface area (Å²) in [6.45, 7) is 4.33. The molecule has 2 rings (SSSR count). The van der Waals surface area contributed by atoms with E-state index in [1.165, 1.54) is 0 Å². The Labute approximate surface area is 100 Å². The second kappa shape index (κ2) is 4.30. The molecule has 0 aliphatic heterocycles. The molecule has 0 saturated carbocycles. The van der Waals surface area contributed by atoms with Gasteiger partial charge in [-0.2, -0.15) is 0 Å². The summed E-state index contributed by atoms with van der Waals surface area (Å²) in [5, 5.41) is 1.66. The van der Waals surface area contributed by atoms with Crippen LogP contribution in [-0.4, -0.2) is 4.98 Å². The number of halogens is 1. The first-order valence-electron chi connectivity index (χ1n) is 5.41. The van der Waals surface area contributed by atoms with Crippen molar-refractivity contribution in [2.75, 3.05) is 5.73 Å². The summed E-state index contributed by atoms with van der Waals surface area (Å²) in [6.07, 6.45) is 0.937. The van der Waals surface area contributed by atoms with Crippen molar-refractivity contribution in [3.63, 3.8) is 0 Å². The molecule has 1 aromatic heterocycles. The highest BCUT2D eigenvalue weighted by molar-refractivity contribution is 6.31. The Morgan fingerprint density at radius 2 is 2.06 bits per heavy atom. The van der Waals surface area contributed by atoms with E-state index >= 15 is 0 Å². The van der Waals surface area contributed by atoms with E-state index < -0.39 is 0 Å². The predicted molar refractivity (Wildman–Crippen MR) is 69.7 cm³/mol. The van der Waals surface area contributed by atoms with Crippen molar-refractivity contribution >= 4 is 28.2 Å². The van der Waals surface area contributed by atoms with Crippen molar-refractivity contribution in [3.8, 4) is 0 Å². The van der Waals surface area contributed by atoms with Crippen molar-refractivity contribution in [1.82, 2.24) is 4.98 Å². The van der Waals surface area contributed by atoms with Crippen LogP contribution in [0.5, 0.6) is 0 Å². The number of rotatable bonds is 2. The molecule has 3 heteroatoms. The fraction of sp³-hybridized carbons (Fsp3) is 0.308. The van der Waals surface area contributed by atoms with Crippen LogP contribution in [-0.2, 0) is 6.42 Å². The molecule has 84 valence electrons. The first-order chi connectivity index (χ1) is 7.56. The maximum absolute atomic E-state index is 6.00. The number of nitrogens with zero attached hydrogens (tertiary/aromatic N) is 1. The Morgan fingerprint density at radius 3 is 2.75 bits per heavy atom. The maximum atomic E-state index is 6.00. The quantitative estimate of drug-likeness (QED) is 0.861. The van der Waals surface area contributed by atoms with Gasteiger partial charge in [0.2, 0.25) is 0 Å². The zero-order chi connectivity index (χ0) is 11.7. The Balaban J connectivity index is 2.56. The van der Waals surface area contributed by atoms with Crippen LogP contribution in [0.15, 0.2) is 24.3 Å². The van der Waals surface area contributed by atoms with Gasteiger partial charge < -0.3 is 5.73 Å². The molecule has 0 aliphatic carbocycles. The molecule has 0 radical (unpaired) electrons. The van der Waals surface area contributed by atoms with Gasteiger partial charge in [-0.05, 0) is 36.6 Å². The molecule has 0 amide bonds. The van der Waals surface area contributed by atoms with E-state index in [0.717, 1.165) is 28.7 Å². The molecule has 0 saturated heterocycles. The number of anilines is 1. The van der Waals surface area contributed by atoms with Crippen LogP contribution in [0.4, 0.5) is 5.69 Å². The van der Waals surface area contributed by atoms with Crippen molar-refractivity contribution in [1.29, 1.82) is 0 Å². The standard InChI is InChI=1S/C13H15ClN2/c1-8(2)5-10-7-12(15)11-4-3-9(14)6-13(11)16-10/h3-4,6-8H,5H2,1-2H3,(H2,15,16). The molecule has 0 spiro atoms. The number of nitrogen functional groups attached to an aromatic ring is 1. The predicted octanol–water partition coefficient (Wildman–Crippen LogP) is 3.67. The second-order valence-electron chi connectivity index (χ2n) is 4.46. The van der Waals surface area contributed by atoms with Crippen molar-refractivity contribution < 1.29 is 0 Å². The van der Waals surface area contributed by atoms with E-state index in [1.54, 1.807) is 0 Å². The lowest BCUT2D eigenvalue weighted by atomic mass is 10.1. The molecule has 0 fully saturated rings. The highest BCUT2D eigenvalue weighted by atomic mass is 35.5. The SMILES string of the molecule is CC(C)Cc1cc(N)c2ccc(Cl)cc2n1. The van der Waals surface area contributed by atoms with Crippen LogP contribution in [0.1, 0.15) is 19.5 Å². The minimum absolute atomic E-state index is 0.573. The summed E-state index contributed by atoms with van der Waals surface area (Å²) in [5.41, 5.74) is 8.68. The van der Waals surface area contributed by atoms with Gasteiger partial charge in [-0.3, -0.25) is 4.98 Å². The summed E-state index contributed by atoms with van der Waals surface area (Å²) in [7, 11) is 0. The lowest BCUT2D eigenvalue weighted by Crippen LogP contribution is -2.00. The highest BCUT2D eigenvalue weighted by Crippen LogP contribution is 2.24. The molecule has 0 atom stereocenters. The van der Waals surface area contributed by atoms with E-state index in [1.807, 2.05) is 24.3 Å². The summed E-state index contributed by atoms with van der Waals surface area (Å²) in [4.78, 5) is 4.57. The Morgan fingerprint density at radius 1 is 1.31 bits per heavy atom. The molecule has 1 aromatic carbocycles. The van der Waals surface area contributed by atoms with Gasteiger partial charge in [-0.15, -0.1) is 0 Å². The molecule has 16 heavy (non-hydrogen) atoms. The van der Waals surface area contributed by atoms with Crippen LogP contribution >= 0.6 is 11.6 Å². The van der Waals surface area contributed by atoms with E-state index in [9.17, 15) is 0 Å². The molecule has 1 heterocycles.